The van der Waals surface area contributed by atoms with Crippen molar-refractivity contribution in [3.8, 4) is 0 Å². The molecule has 0 heterocycles. The Balaban J connectivity index is 0.000000623. The number of aliphatic hydroxyl groups is 4. The van der Waals surface area contributed by atoms with Gasteiger partial charge in [0, 0.05) is 424 Å². The van der Waals surface area contributed by atoms with E-state index in [0.717, 1.165) is 154 Å². The van der Waals surface area contributed by atoms with Gasteiger partial charge in [-0.2, -0.15) is 96.7 Å². The maximum atomic E-state index is 13.3. The molecule has 24 heteroatoms. The van der Waals surface area contributed by atoms with E-state index in [0.29, 0.717) is 161 Å². The molecule has 0 saturated heterocycles. The number of carbonyl (C=O) groups excluding carboxylic acids is 4. The molecule has 16 aliphatic rings. The topological polar surface area (TPSA) is 186 Å². The Morgan fingerprint density at radius 3 is 0.758 bits per heavy atom. The summed E-state index contributed by atoms with van der Waals surface area (Å²) in [5.41, 5.74) is 2.96. The number of carbonyl (C=O) groups is 4. The SMILES string of the molecule is CC(COC(=O)CC[C@@H](C)[C@H]1CC[C@H]2C3[CH-]CC4C[C@H](O)CC[C@]4(C)[C@@]3(C)C[CH-][C@]12C)COC(=O)CC[C@@H](C)[C@H]1CC[C@H]2C3[CH-]CC4C[C@H](O)CC[C@]4(C)[C@@]3(C)C[CH-][C@]12C.CCC(COC(=O)CC[C@@H](C)[C@H]1CC[C@H]2C3[CH-]CC4C[C@H](O)CC[C@]4(C)[C@@]3(C)C[CH-][C@]12C)OC(=O)CC[C@@H](C)[C@H]1CC[C@H]2C3[CH-]CC4C[C@H](O)CC[C@]4(C)[C@@]3(C)C[CH-][C@]12C.[Y].[Y].[Y].[Y].[Y].[Y].[Y].[Y].[Y].[Y].[Y].[Y]. The molecule has 720 valence electrons. The molecular weight excluding hydrogens is 2560 g/mol. The van der Waals surface area contributed by atoms with Crippen LogP contribution in [0.2, 0.25) is 0 Å². The first kappa shape index (κ1) is 137. The normalized spacial score (nSPS) is 45.3. The minimum Gasteiger partial charge on any atom is -0.465 e. The zero-order valence-electron chi connectivity index (χ0n) is 85.9. The minimum absolute atomic E-state index is 0. The Morgan fingerprint density at radius 1 is 0.311 bits per heavy atom. The molecule has 16 rings (SSSR count). The van der Waals surface area contributed by atoms with Crippen molar-refractivity contribution in [1.29, 1.82) is 0 Å². The van der Waals surface area contributed by atoms with Crippen LogP contribution in [0.25, 0.3) is 0 Å². The first-order valence-electron chi connectivity index (χ1n) is 50.7. The van der Waals surface area contributed by atoms with Crippen LogP contribution in [0.3, 0.4) is 0 Å². The molecule has 37 atom stereocenters. The van der Waals surface area contributed by atoms with Gasteiger partial charge in [0.1, 0.15) is 12.7 Å². The van der Waals surface area contributed by atoms with E-state index in [-0.39, 0.29) is 521 Å². The number of fused-ring (bicyclic) bond motifs is 20. The van der Waals surface area contributed by atoms with Crippen LogP contribution in [-0.2, 0) is 431 Å². The number of rotatable bonds is 24. The molecule has 0 aromatic carbocycles. The molecule has 0 aromatic rings. The summed E-state index contributed by atoms with van der Waals surface area (Å²) in [4.78, 5) is 52.5. The number of esters is 4. The van der Waals surface area contributed by atoms with Crippen LogP contribution < -0.4 is 0 Å². The molecule has 16 saturated carbocycles. The monoisotopic (exact) mass is 2730 g/mol. The number of ether oxygens (including phenoxy) is 4. The smallest absolute Gasteiger partial charge is 0.306 e. The maximum Gasteiger partial charge on any atom is 0.306 e. The minimum atomic E-state index is -0.402. The van der Waals surface area contributed by atoms with Gasteiger partial charge in [-0.1, -0.05) is 269 Å². The van der Waals surface area contributed by atoms with Crippen LogP contribution >= 0.6 is 0 Å². The standard InChI is InChI=1S/2C54H86O6.12Y/c1-34(32-59-47(57)20-10-35(2)41-16-18-43-45-14-12-37-30-39(55)22-24-51(37,6)53(45,8)28-26-49(41,43)4)33-60-48(58)21-11-36(3)42-17-19-44-46-15-13-38-31-40(56)23-25-52(38,7)54(46,9)29-27-50(42,44)5;1-10-40(60-48(58)22-12-35(3)42-18-20-44-46-16-14-37-32-39(56)24-26-52(37,7)54(46,9)30-28-50(42,44)5)33-59-47(57)21-11-34(2)41-17-19-43-45-15-13-36-31-38(55)23-25-51(36,6)53(45,8)29-27-49(41,43)4;;;;;;;;;;;;/h14-15,26-27,34-46,55-56H,10-13,16-25,28-33H2,1-9H3;15-16,27-28,34-46,55-56H,10-14,17-26,29-33H2,1-9H3;;;;;;;;;;;;/q2*-4;;;;;;;;;;;;/t34?,35-,36-,37?,38?,39-,40-,41-,42-,43+,44+,45?,46?,49-,50-,51+,52+,53+,54+;34-,35-,36?,37?,38-,39-,40?,41-,42-,43+,44+,45?,46?,49-,50-,51+,52+,53+,54+;;;;;;;;;;;;/m11............/s1. The molecule has 0 bridgehead atoms. The summed E-state index contributed by atoms with van der Waals surface area (Å²) in [5.74, 6) is 11.0. The van der Waals surface area contributed by atoms with E-state index in [9.17, 15) is 39.6 Å². The van der Waals surface area contributed by atoms with Crippen LogP contribution in [-0.4, -0.2) is 94.6 Å². The molecule has 0 amide bonds. The van der Waals surface area contributed by atoms with Crippen LogP contribution in [0.4, 0.5) is 0 Å². The Hall–Kier alpha value is 11.0. The van der Waals surface area contributed by atoms with Gasteiger partial charge in [-0.3, -0.25) is 19.2 Å². The zero-order chi connectivity index (χ0) is 86.1. The third-order valence-corrected chi connectivity index (χ3v) is 44.0. The van der Waals surface area contributed by atoms with Crippen LogP contribution in [0, 0.1) is 241 Å². The molecule has 0 aliphatic heterocycles. The van der Waals surface area contributed by atoms with Crippen LogP contribution in [0.1, 0.15) is 362 Å². The van der Waals surface area contributed by atoms with Crippen molar-refractivity contribution in [1.82, 2.24) is 0 Å². The van der Waals surface area contributed by atoms with E-state index in [4.69, 9.17) is 18.9 Å². The molecule has 16 aliphatic carbocycles. The average Bonchev–Trinajstić information content (AvgIpc) is 1.41. The quantitative estimate of drug-likeness (QED) is 0.0408. The summed E-state index contributed by atoms with van der Waals surface area (Å²) < 4.78 is 23.3. The largest absolute Gasteiger partial charge is 0.465 e. The van der Waals surface area contributed by atoms with Crippen LogP contribution in [0.15, 0.2) is 0 Å². The fraction of sp³-hybridized carbons (Fsp3) is 0.889. The second kappa shape index (κ2) is 55.7. The maximum absolute atomic E-state index is 13.3. The van der Waals surface area contributed by atoms with Gasteiger partial charge in [-0.25, -0.2) is 0 Å². The molecular formula is C108H172O12Y12-8. The van der Waals surface area contributed by atoms with Gasteiger partial charge < -0.3 is 90.7 Å². The second-order valence-electron chi connectivity index (χ2n) is 48.8. The van der Waals surface area contributed by atoms with E-state index in [2.05, 4.69) is 162 Å². The van der Waals surface area contributed by atoms with Crippen molar-refractivity contribution in [2.75, 3.05) is 19.8 Å². The molecule has 16 fully saturated rings. The van der Waals surface area contributed by atoms with Gasteiger partial charge in [-0.05, 0) is 154 Å². The summed E-state index contributed by atoms with van der Waals surface area (Å²) in [6.07, 6.45) is 57.8. The van der Waals surface area contributed by atoms with E-state index < -0.39 is 6.10 Å². The summed E-state index contributed by atoms with van der Waals surface area (Å²) in [6, 6.07) is 0. The van der Waals surface area contributed by atoms with Crippen molar-refractivity contribution in [3.05, 3.63) is 51.4 Å². The third kappa shape index (κ3) is 26.3. The van der Waals surface area contributed by atoms with Crippen molar-refractivity contribution in [2.45, 2.75) is 393 Å². The van der Waals surface area contributed by atoms with E-state index in [1.165, 1.54) is 51.4 Å². The Bertz CT molecular complexity index is 3520. The van der Waals surface area contributed by atoms with Crippen molar-refractivity contribution >= 4 is 23.9 Å². The van der Waals surface area contributed by atoms with Crippen molar-refractivity contribution < 1.29 is 451 Å². The molecule has 132 heavy (non-hydrogen) atoms. The molecule has 12 nitrogen and oxygen atoms in total. The molecule has 0 spiro atoms. The molecule has 12 radical (unpaired) electrons. The van der Waals surface area contributed by atoms with E-state index >= 15 is 0 Å². The Kier molecular flexibility index (Phi) is 57.9. The Labute approximate surface area is 1110 Å². The van der Waals surface area contributed by atoms with Crippen molar-refractivity contribution in [3.63, 3.8) is 0 Å². The Morgan fingerprint density at radius 2 is 0.530 bits per heavy atom. The van der Waals surface area contributed by atoms with E-state index in [1.807, 2.05) is 13.8 Å². The third-order valence-electron chi connectivity index (χ3n) is 44.0. The second-order valence-corrected chi connectivity index (χ2v) is 48.8. The molecule has 9 unspecified atom stereocenters. The number of hydrogen-bond acceptors (Lipinski definition) is 12. The fourth-order valence-corrected chi connectivity index (χ4v) is 35.1. The van der Waals surface area contributed by atoms with Gasteiger partial charge in [0.2, 0.25) is 0 Å². The van der Waals surface area contributed by atoms with Gasteiger partial charge in [0.15, 0.2) is 0 Å². The molecule has 0 aromatic heterocycles. The van der Waals surface area contributed by atoms with Gasteiger partial charge in [-0.15, -0.1) is 0 Å². The summed E-state index contributed by atoms with van der Waals surface area (Å²) >= 11 is 0. The number of hydrogen-bond donors (Lipinski definition) is 4. The first-order valence-corrected chi connectivity index (χ1v) is 50.7. The van der Waals surface area contributed by atoms with Gasteiger partial charge in [0.05, 0.1) is 37.6 Å². The molecule has 4 N–H and O–H groups in total. The predicted octanol–water partition coefficient (Wildman–Crippen LogP) is 23.3. The first-order chi connectivity index (χ1) is 56.6. The van der Waals surface area contributed by atoms with Gasteiger partial charge in [0.25, 0.3) is 0 Å². The summed E-state index contributed by atoms with van der Waals surface area (Å²) in [6.45, 7) is 44.8. The van der Waals surface area contributed by atoms with E-state index in [1.54, 1.807) is 0 Å². The average molecular weight is 2730 g/mol. The predicted molar refractivity (Wildman–Crippen MR) is 477 cm³/mol. The van der Waals surface area contributed by atoms with Crippen LogP contribution in [0.5, 0.6) is 0 Å². The fourth-order valence-electron chi connectivity index (χ4n) is 35.1. The number of aliphatic hydroxyl groups excluding tert-OH is 4. The van der Waals surface area contributed by atoms with Gasteiger partial charge >= 0.3 is 23.9 Å². The summed E-state index contributed by atoms with van der Waals surface area (Å²) in [5, 5.41) is 42.0. The zero-order valence-corrected chi connectivity index (χ0v) is 120. The van der Waals surface area contributed by atoms with Crippen molar-refractivity contribution in [2.24, 2.45) is 189 Å². The summed E-state index contributed by atoms with van der Waals surface area (Å²) in [7, 11) is 0.